The van der Waals surface area contributed by atoms with Gasteiger partial charge in [0.2, 0.25) is 0 Å². The van der Waals surface area contributed by atoms with Crippen LogP contribution in [0.1, 0.15) is 39.0 Å². The molecule has 1 N–H and O–H groups in total. The van der Waals surface area contributed by atoms with E-state index in [0.717, 1.165) is 19.1 Å². The van der Waals surface area contributed by atoms with E-state index in [4.69, 9.17) is 14.2 Å². The van der Waals surface area contributed by atoms with Crippen molar-refractivity contribution >= 4 is 0 Å². The Morgan fingerprint density at radius 1 is 0.895 bits per heavy atom. The maximum Gasteiger partial charge on any atom is 0.0701 e. The van der Waals surface area contributed by atoms with Gasteiger partial charge in [0.15, 0.2) is 0 Å². The van der Waals surface area contributed by atoms with Gasteiger partial charge in [0, 0.05) is 19.7 Å². The average Bonchev–Trinajstić information content (AvgIpc) is 2.62. The highest BCUT2D eigenvalue weighted by Gasteiger charge is 2.14. The van der Waals surface area contributed by atoms with Crippen molar-refractivity contribution in [2.24, 2.45) is 5.92 Å². The van der Waals surface area contributed by atoms with E-state index in [1.165, 1.54) is 32.1 Å². The second-order valence-corrected chi connectivity index (χ2v) is 5.48. The highest BCUT2D eigenvalue weighted by molar-refractivity contribution is 4.72. The summed E-state index contributed by atoms with van der Waals surface area (Å²) in [5.74, 6) is 0.910. The first kappa shape index (κ1) is 16.9. The first-order valence-electron chi connectivity index (χ1n) is 7.70. The largest absolute Gasteiger partial charge is 0.382 e. The second kappa shape index (κ2) is 11.6. The Balaban J connectivity index is 1.85. The third kappa shape index (κ3) is 9.38. The van der Waals surface area contributed by atoms with Crippen LogP contribution in [-0.2, 0) is 14.2 Å². The fraction of sp³-hybridized carbons (Fsp3) is 1.00. The molecular weight excluding hydrogens is 242 g/mol. The Bertz CT molecular complexity index is 202. The fourth-order valence-corrected chi connectivity index (χ4v) is 2.49. The molecule has 2 unspecified atom stereocenters. The zero-order valence-corrected chi connectivity index (χ0v) is 12.7. The molecule has 4 heteroatoms. The van der Waals surface area contributed by atoms with E-state index in [-0.39, 0.29) is 0 Å². The van der Waals surface area contributed by atoms with Crippen molar-refractivity contribution in [2.45, 2.75) is 45.1 Å². The summed E-state index contributed by atoms with van der Waals surface area (Å²) in [4.78, 5) is 0. The van der Waals surface area contributed by atoms with Crippen LogP contribution in [0.3, 0.4) is 0 Å². The molecule has 1 aliphatic rings. The van der Waals surface area contributed by atoms with Crippen LogP contribution in [0.5, 0.6) is 0 Å². The summed E-state index contributed by atoms with van der Waals surface area (Å²) in [6.45, 7) is 6.74. The van der Waals surface area contributed by atoms with Gasteiger partial charge < -0.3 is 19.5 Å². The topological polar surface area (TPSA) is 39.7 Å². The average molecular weight is 273 g/mol. The third-order valence-electron chi connectivity index (χ3n) is 3.74. The second-order valence-electron chi connectivity index (χ2n) is 5.48. The van der Waals surface area contributed by atoms with E-state index < -0.39 is 0 Å². The molecule has 0 spiro atoms. The van der Waals surface area contributed by atoms with Gasteiger partial charge in [-0.25, -0.2) is 0 Å². The van der Waals surface area contributed by atoms with Crippen molar-refractivity contribution in [3.8, 4) is 0 Å². The Kier molecular flexibility index (Phi) is 10.4. The molecule has 1 rings (SSSR count). The Hall–Kier alpha value is -0.160. The molecule has 114 valence electrons. The monoisotopic (exact) mass is 273 g/mol. The maximum atomic E-state index is 5.53. The first-order chi connectivity index (χ1) is 9.33. The van der Waals surface area contributed by atoms with E-state index in [1.807, 2.05) is 0 Å². The molecule has 0 saturated heterocycles. The van der Waals surface area contributed by atoms with Gasteiger partial charge in [-0.3, -0.25) is 0 Å². The quantitative estimate of drug-likeness (QED) is 0.489. The van der Waals surface area contributed by atoms with Crippen molar-refractivity contribution in [2.75, 3.05) is 46.7 Å². The lowest BCUT2D eigenvalue weighted by molar-refractivity contribution is 0.0251. The van der Waals surface area contributed by atoms with E-state index in [9.17, 15) is 0 Å². The van der Waals surface area contributed by atoms with Crippen molar-refractivity contribution in [1.82, 2.24) is 5.32 Å². The van der Waals surface area contributed by atoms with E-state index in [1.54, 1.807) is 7.11 Å². The number of nitrogens with one attached hydrogen (secondary N) is 1. The summed E-state index contributed by atoms with van der Waals surface area (Å²) >= 11 is 0. The summed E-state index contributed by atoms with van der Waals surface area (Å²) in [5, 5.41) is 3.61. The minimum atomic E-state index is 0.651. The minimum Gasteiger partial charge on any atom is -0.382 e. The van der Waals surface area contributed by atoms with Crippen LogP contribution in [0.25, 0.3) is 0 Å². The molecule has 4 nitrogen and oxygen atoms in total. The molecule has 0 radical (unpaired) electrons. The van der Waals surface area contributed by atoms with Crippen LogP contribution in [0.4, 0.5) is 0 Å². The van der Waals surface area contributed by atoms with E-state index in [0.29, 0.717) is 32.5 Å². The molecule has 0 aromatic carbocycles. The molecule has 1 saturated carbocycles. The minimum absolute atomic E-state index is 0.651. The molecule has 0 aliphatic heterocycles. The smallest absolute Gasteiger partial charge is 0.0701 e. The van der Waals surface area contributed by atoms with Crippen LogP contribution < -0.4 is 5.32 Å². The van der Waals surface area contributed by atoms with Crippen molar-refractivity contribution in [3.05, 3.63) is 0 Å². The lowest BCUT2D eigenvalue weighted by Gasteiger charge is -2.16. The number of methoxy groups -OCH3 is 1. The first-order valence-corrected chi connectivity index (χ1v) is 7.70. The molecular formula is C15H31NO3. The molecule has 1 aliphatic carbocycles. The maximum absolute atomic E-state index is 5.53. The highest BCUT2D eigenvalue weighted by atomic mass is 16.5. The zero-order chi connectivity index (χ0) is 13.8. The summed E-state index contributed by atoms with van der Waals surface area (Å²) < 4.78 is 15.8. The lowest BCUT2D eigenvalue weighted by Crippen LogP contribution is -2.31. The molecule has 19 heavy (non-hydrogen) atoms. The van der Waals surface area contributed by atoms with Gasteiger partial charge in [0.05, 0.1) is 33.0 Å². The predicted molar refractivity (Wildman–Crippen MR) is 77.6 cm³/mol. The Labute approximate surface area is 118 Å². The van der Waals surface area contributed by atoms with Crippen molar-refractivity contribution in [3.63, 3.8) is 0 Å². The summed E-state index contributed by atoms with van der Waals surface area (Å²) in [7, 11) is 1.68. The van der Waals surface area contributed by atoms with Crippen LogP contribution in [0.2, 0.25) is 0 Å². The predicted octanol–water partition coefficient (Wildman–Crippen LogP) is 2.22. The van der Waals surface area contributed by atoms with Crippen LogP contribution in [-0.4, -0.2) is 52.7 Å². The number of hydrogen-bond donors (Lipinski definition) is 1. The molecule has 1 fully saturated rings. The standard InChI is InChI=1S/C15H31NO3/c1-14-4-3-5-15(7-6-14)16-8-9-18-12-13-19-11-10-17-2/h14-16H,3-13H2,1-2H3. The van der Waals surface area contributed by atoms with Crippen LogP contribution in [0.15, 0.2) is 0 Å². The summed E-state index contributed by atoms with van der Waals surface area (Å²) in [6.07, 6.45) is 6.78. The lowest BCUT2D eigenvalue weighted by atomic mass is 10.0. The molecule has 2 atom stereocenters. The van der Waals surface area contributed by atoms with Gasteiger partial charge in [0.25, 0.3) is 0 Å². The number of hydrogen-bond acceptors (Lipinski definition) is 4. The zero-order valence-electron chi connectivity index (χ0n) is 12.7. The summed E-state index contributed by atoms with van der Waals surface area (Å²) in [5.41, 5.74) is 0. The molecule has 0 amide bonds. The normalized spacial score (nSPS) is 24.3. The molecule has 0 aromatic rings. The Morgan fingerprint density at radius 2 is 1.63 bits per heavy atom. The molecule has 0 bridgehead atoms. The van der Waals surface area contributed by atoms with Crippen LogP contribution in [0, 0.1) is 5.92 Å². The number of ether oxygens (including phenoxy) is 3. The van der Waals surface area contributed by atoms with Gasteiger partial charge in [-0.05, 0) is 25.2 Å². The SMILES string of the molecule is COCCOCCOCCNC1CCCC(C)CC1. The third-order valence-corrected chi connectivity index (χ3v) is 3.74. The summed E-state index contributed by atoms with van der Waals surface area (Å²) in [6, 6.07) is 0.700. The molecule has 0 heterocycles. The van der Waals surface area contributed by atoms with Gasteiger partial charge in [0.1, 0.15) is 0 Å². The van der Waals surface area contributed by atoms with Crippen molar-refractivity contribution in [1.29, 1.82) is 0 Å². The van der Waals surface area contributed by atoms with E-state index in [2.05, 4.69) is 12.2 Å². The van der Waals surface area contributed by atoms with E-state index >= 15 is 0 Å². The Morgan fingerprint density at radius 3 is 2.42 bits per heavy atom. The van der Waals surface area contributed by atoms with Crippen molar-refractivity contribution < 1.29 is 14.2 Å². The van der Waals surface area contributed by atoms with Crippen LogP contribution >= 0.6 is 0 Å². The fourth-order valence-electron chi connectivity index (χ4n) is 2.49. The van der Waals surface area contributed by atoms with Gasteiger partial charge in [-0.1, -0.05) is 19.8 Å². The number of rotatable bonds is 10. The molecule has 0 aromatic heterocycles. The van der Waals surface area contributed by atoms with Gasteiger partial charge in [-0.15, -0.1) is 0 Å². The van der Waals surface area contributed by atoms with Gasteiger partial charge >= 0.3 is 0 Å². The van der Waals surface area contributed by atoms with Gasteiger partial charge in [-0.2, -0.15) is 0 Å². The highest BCUT2D eigenvalue weighted by Crippen LogP contribution is 2.22.